The van der Waals surface area contributed by atoms with Crippen molar-refractivity contribution in [3.8, 4) is 0 Å². The monoisotopic (exact) mass is 850 g/mol. The van der Waals surface area contributed by atoms with Crippen LogP contribution in [0.4, 0.5) is 0 Å². The maximum atomic E-state index is 13.9. The number of unbranched alkanes of at least 4 members (excludes halogenated alkanes) is 10. The van der Waals surface area contributed by atoms with Gasteiger partial charge in [-0.1, -0.05) is 113 Å². The number of carbonyl (C=O) groups excluding carboxylic acids is 7. The van der Waals surface area contributed by atoms with Gasteiger partial charge < -0.3 is 42.3 Å². The fraction of sp³-hybridized carbons (Fsp3) is 0.844. The van der Waals surface area contributed by atoms with Gasteiger partial charge in [-0.2, -0.15) is 0 Å². The van der Waals surface area contributed by atoms with E-state index in [2.05, 4.69) is 33.5 Å². The quantitative estimate of drug-likeness (QED) is 0.0490. The Bertz CT molecular complexity index is 1350. The lowest BCUT2D eigenvalue weighted by Crippen LogP contribution is -2.61. The zero-order chi connectivity index (χ0) is 45.4. The van der Waals surface area contributed by atoms with Crippen LogP contribution in [0.2, 0.25) is 0 Å². The Morgan fingerprint density at radius 3 is 1.77 bits per heavy atom. The summed E-state index contributed by atoms with van der Waals surface area (Å²) in [7, 11) is 0. The summed E-state index contributed by atoms with van der Waals surface area (Å²) < 4.78 is 0. The Morgan fingerprint density at radius 1 is 0.700 bits per heavy atom. The van der Waals surface area contributed by atoms with Crippen LogP contribution < -0.4 is 32.3 Å². The molecule has 1 fully saturated rings. The number of amides is 7. The van der Waals surface area contributed by atoms with E-state index >= 15 is 0 Å². The van der Waals surface area contributed by atoms with E-state index in [1.165, 1.54) is 49.8 Å². The van der Waals surface area contributed by atoms with Gasteiger partial charge in [-0.3, -0.25) is 33.6 Å². The summed E-state index contributed by atoms with van der Waals surface area (Å²) in [5.74, 6) is -3.90. The van der Waals surface area contributed by atoms with Crippen LogP contribution in [0.1, 0.15) is 178 Å². The Hall–Kier alpha value is -3.75. The lowest BCUT2D eigenvalue weighted by atomic mass is 9.98. The molecule has 1 saturated heterocycles. The number of nitrogens with two attached hydrogens (primary N) is 1. The molecule has 5 atom stereocenters. The lowest BCUT2D eigenvalue weighted by molar-refractivity contribution is -0.145. The number of hydrogen-bond acceptors (Lipinski definition) is 8. The molecular weight excluding hydrogens is 767 g/mol. The largest absolute Gasteiger partial charge is 0.394 e. The second-order valence-corrected chi connectivity index (χ2v) is 18.6. The number of aliphatic hydroxyl groups is 1. The van der Waals surface area contributed by atoms with Crippen molar-refractivity contribution in [3.05, 3.63) is 0 Å². The first-order valence-electron chi connectivity index (χ1n) is 23.0. The molecule has 15 heteroatoms. The third-order valence-corrected chi connectivity index (χ3v) is 11.0. The summed E-state index contributed by atoms with van der Waals surface area (Å²) >= 11 is 0. The molecule has 346 valence electrons. The van der Waals surface area contributed by atoms with Gasteiger partial charge in [0, 0.05) is 19.4 Å². The fourth-order valence-corrected chi connectivity index (χ4v) is 7.68. The molecule has 0 aromatic heterocycles. The molecular formula is C45H83N7O8. The number of aliphatic hydroxyl groups excluding tert-OH is 1. The number of carbonyl (C=O) groups is 7. The average molecular weight is 850 g/mol. The lowest BCUT2D eigenvalue weighted by Gasteiger charge is -2.34. The van der Waals surface area contributed by atoms with E-state index in [1.54, 1.807) is 27.7 Å². The van der Waals surface area contributed by atoms with E-state index in [0.29, 0.717) is 32.2 Å². The van der Waals surface area contributed by atoms with Gasteiger partial charge in [-0.25, -0.2) is 0 Å². The third-order valence-electron chi connectivity index (χ3n) is 11.0. The highest BCUT2D eigenvalue weighted by Crippen LogP contribution is 2.23. The van der Waals surface area contributed by atoms with Gasteiger partial charge >= 0.3 is 0 Å². The molecule has 1 aliphatic rings. The molecule has 0 saturated carbocycles. The van der Waals surface area contributed by atoms with Crippen molar-refractivity contribution in [2.45, 2.75) is 214 Å². The highest BCUT2D eigenvalue weighted by Gasteiger charge is 2.42. The van der Waals surface area contributed by atoms with E-state index in [4.69, 9.17) is 5.73 Å². The number of nitrogens with one attached hydrogen (secondary N) is 5. The topological polar surface area (TPSA) is 229 Å². The van der Waals surface area contributed by atoms with E-state index in [-0.39, 0.29) is 49.5 Å². The summed E-state index contributed by atoms with van der Waals surface area (Å²) in [6, 6.07) is -4.74. The summed E-state index contributed by atoms with van der Waals surface area (Å²) in [4.78, 5) is 94.6. The molecule has 1 rings (SSSR count). The highest BCUT2D eigenvalue weighted by molar-refractivity contribution is 5.97. The molecule has 0 spiro atoms. The molecule has 15 nitrogen and oxygen atoms in total. The van der Waals surface area contributed by atoms with Crippen molar-refractivity contribution >= 4 is 41.4 Å². The molecule has 1 aliphatic heterocycles. The average Bonchev–Trinajstić information content (AvgIpc) is 3.66. The molecule has 0 aromatic carbocycles. The fourth-order valence-electron chi connectivity index (χ4n) is 7.68. The van der Waals surface area contributed by atoms with Gasteiger partial charge in [0.15, 0.2) is 0 Å². The molecule has 2 unspecified atom stereocenters. The van der Waals surface area contributed by atoms with Crippen molar-refractivity contribution in [1.29, 1.82) is 0 Å². The first-order chi connectivity index (χ1) is 28.2. The van der Waals surface area contributed by atoms with Crippen LogP contribution in [-0.2, 0) is 33.6 Å². The second kappa shape index (κ2) is 28.7. The molecule has 0 bridgehead atoms. The summed E-state index contributed by atoms with van der Waals surface area (Å²) in [5, 5.41) is 23.7. The van der Waals surface area contributed by atoms with Gasteiger partial charge in [-0.15, -0.1) is 0 Å². The van der Waals surface area contributed by atoms with Crippen molar-refractivity contribution in [2.75, 3.05) is 13.2 Å². The molecule has 60 heavy (non-hydrogen) atoms. The van der Waals surface area contributed by atoms with E-state index in [9.17, 15) is 38.7 Å². The Morgan fingerprint density at radius 2 is 1.25 bits per heavy atom. The van der Waals surface area contributed by atoms with Crippen LogP contribution in [0.15, 0.2) is 0 Å². The van der Waals surface area contributed by atoms with Crippen molar-refractivity contribution < 1.29 is 38.7 Å². The third kappa shape index (κ3) is 21.2. The zero-order valence-electron chi connectivity index (χ0n) is 38.6. The minimum absolute atomic E-state index is 0.0321. The standard InChI is InChI=1S/C45H83N7O8/c1-10-11-12-13-14-15-16-17-18-19-20-23-38(55)51-45(8,9)44(60)52-26-21-22-36(52)42(58)49-35(28-31(4)5)41(57)50-39(32(6)7)43(59)48-34(24-25-37(46)54)40(56)47-33(29-53)27-30(2)3/h30-36,39,53H,10-29H2,1-9H3,(H2,46,54)(H,47,56)(H,48,59)(H,49,58)(H,50,57)(H,51,55)/t33-,34?,35?,36-,39-/m0/s1. The number of hydrogen-bond donors (Lipinski definition) is 7. The van der Waals surface area contributed by atoms with Crippen LogP contribution in [-0.4, -0.2) is 100 Å². The van der Waals surface area contributed by atoms with E-state index in [0.717, 1.165) is 25.7 Å². The summed E-state index contributed by atoms with van der Waals surface area (Å²) in [5.41, 5.74) is 4.11. The molecule has 0 aliphatic carbocycles. The second-order valence-electron chi connectivity index (χ2n) is 18.6. The van der Waals surface area contributed by atoms with E-state index in [1.807, 2.05) is 27.7 Å². The Balaban J connectivity index is 2.93. The normalized spacial score (nSPS) is 16.3. The smallest absolute Gasteiger partial charge is 0.248 e. The number of rotatable bonds is 31. The molecule has 7 amide bonds. The summed E-state index contributed by atoms with van der Waals surface area (Å²) in [6.45, 7) is 16.7. The number of nitrogens with zero attached hydrogens (tertiary/aromatic N) is 1. The van der Waals surface area contributed by atoms with Crippen molar-refractivity contribution in [3.63, 3.8) is 0 Å². The first-order valence-corrected chi connectivity index (χ1v) is 23.0. The molecule has 0 radical (unpaired) electrons. The predicted octanol–water partition coefficient (Wildman–Crippen LogP) is 4.52. The highest BCUT2D eigenvalue weighted by atomic mass is 16.3. The van der Waals surface area contributed by atoms with Crippen molar-refractivity contribution in [1.82, 2.24) is 31.5 Å². The van der Waals surface area contributed by atoms with Crippen LogP contribution >= 0.6 is 0 Å². The number of likely N-dealkylation sites (tertiary alicyclic amines) is 1. The Kier molecular flexibility index (Phi) is 26.0. The molecule has 0 aromatic rings. The molecule has 8 N–H and O–H groups in total. The van der Waals surface area contributed by atoms with E-state index < -0.39 is 71.2 Å². The maximum Gasteiger partial charge on any atom is 0.248 e. The van der Waals surface area contributed by atoms with Crippen LogP contribution in [0.3, 0.4) is 0 Å². The van der Waals surface area contributed by atoms with Crippen LogP contribution in [0.25, 0.3) is 0 Å². The SMILES string of the molecule is CCCCCCCCCCCCCC(=O)NC(C)(C)C(=O)N1CCC[C@H]1C(=O)NC(CC(C)C)C(=O)N[C@H](C(=O)NC(CCC(N)=O)C(=O)N[C@H](CO)CC(C)C)C(C)C. The van der Waals surface area contributed by atoms with Gasteiger partial charge in [0.05, 0.1) is 12.6 Å². The summed E-state index contributed by atoms with van der Waals surface area (Å²) in [6.07, 6.45) is 14.7. The van der Waals surface area contributed by atoms with Crippen molar-refractivity contribution in [2.24, 2.45) is 23.5 Å². The van der Waals surface area contributed by atoms with Gasteiger partial charge in [0.1, 0.15) is 29.7 Å². The first kappa shape index (κ1) is 54.3. The number of primary amides is 1. The maximum absolute atomic E-state index is 13.9. The van der Waals surface area contributed by atoms with Gasteiger partial charge in [-0.05, 0) is 70.1 Å². The minimum Gasteiger partial charge on any atom is -0.394 e. The van der Waals surface area contributed by atoms with Gasteiger partial charge in [0.2, 0.25) is 41.4 Å². The zero-order valence-corrected chi connectivity index (χ0v) is 38.6. The molecule has 1 heterocycles. The predicted molar refractivity (Wildman–Crippen MR) is 235 cm³/mol. The minimum atomic E-state index is -1.25. The van der Waals surface area contributed by atoms with Crippen LogP contribution in [0, 0.1) is 17.8 Å². The van der Waals surface area contributed by atoms with Crippen LogP contribution in [0.5, 0.6) is 0 Å². The Labute approximate surface area is 361 Å². The van der Waals surface area contributed by atoms with Gasteiger partial charge in [0.25, 0.3) is 0 Å².